The molecule has 3 N–H and O–H groups in total. The minimum atomic E-state index is -0.460. The average Bonchev–Trinajstić information content (AvgIpc) is 2.82. The molecule has 0 unspecified atom stereocenters. The normalized spacial score (nSPS) is 10.2. The standard InChI is InChI=1S/C13H15N3O3/c1-8-6-9(16-19-8)7-15-11-5-3-4-10(12(11)14)13(17)18-2/h3-6,15H,7,14H2,1-2H3. The molecule has 2 rings (SSSR count). The van der Waals surface area contributed by atoms with Crippen LogP contribution in [0.2, 0.25) is 0 Å². The SMILES string of the molecule is COC(=O)c1cccc(NCc2cc(C)on2)c1N. The molecule has 1 aromatic carbocycles. The van der Waals surface area contributed by atoms with Crippen LogP contribution in [0.4, 0.5) is 11.4 Å². The highest BCUT2D eigenvalue weighted by molar-refractivity contribution is 5.98. The molecule has 1 aromatic heterocycles. The molecule has 0 aliphatic carbocycles. The number of nitrogens with one attached hydrogen (secondary N) is 1. The summed E-state index contributed by atoms with van der Waals surface area (Å²) < 4.78 is 9.63. The number of ether oxygens (including phenoxy) is 1. The molecule has 1 heterocycles. The molecular weight excluding hydrogens is 246 g/mol. The molecule has 0 radical (unpaired) electrons. The van der Waals surface area contributed by atoms with Gasteiger partial charge in [0, 0.05) is 6.07 Å². The Balaban J connectivity index is 2.14. The summed E-state index contributed by atoms with van der Waals surface area (Å²) >= 11 is 0. The van der Waals surface area contributed by atoms with Crippen molar-refractivity contribution in [3.05, 3.63) is 41.3 Å². The number of hydrogen-bond donors (Lipinski definition) is 2. The zero-order valence-corrected chi connectivity index (χ0v) is 10.8. The third kappa shape index (κ3) is 2.85. The summed E-state index contributed by atoms with van der Waals surface area (Å²) in [6, 6.07) is 6.97. The van der Waals surface area contributed by atoms with E-state index in [1.54, 1.807) is 18.2 Å². The second-order valence-corrected chi connectivity index (χ2v) is 4.04. The van der Waals surface area contributed by atoms with E-state index in [1.165, 1.54) is 7.11 Å². The Morgan fingerprint density at radius 2 is 2.32 bits per heavy atom. The molecule has 0 saturated heterocycles. The van der Waals surface area contributed by atoms with Gasteiger partial charge in [-0.05, 0) is 19.1 Å². The Bertz CT molecular complexity index is 593. The Morgan fingerprint density at radius 3 is 2.95 bits per heavy atom. The minimum Gasteiger partial charge on any atom is -0.465 e. The lowest BCUT2D eigenvalue weighted by atomic mass is 10.1. The number of nitrogens with zero attached hydrogens (tertiary/aromatic N) is 1. The monoisotopic (exact) mass is 261 g/mol. The topological polar surface area (TPSA) is 90.4 Å². The molecule has 0 saturated carbocycles. The van der Waals surface area contributed by atoms with Crippen molar-refractivity contribution >= 4 is 17.3 Å². The summed E-state index contributed by atoms with van der Waals surface area (Å²) in [6.07, 6.45) is 0. The number of nitrogens with two attached hydrogens (primary N) is 1. The van der Waals surface area contributed by atoms with E-state index in [2.05, 4.69) is 15.2 Å². The van der Waals surface area contributed by atoms with E-state index >= 15 is 0 Å². The smallest absolute Gasteiger partial charge is 0.340 e. The number of benzene rings is 1. The lowest BCUT2D eigenvalue weighted by Crippen LogP contribution is -2.09. The van der Waals surface area contributed by atoms with Crippen LogP contribution in [0.1, 0.15) is 21.8 Å². The number of aryl methyl sites for hydroxylation is 1. The number of rotatable bonds is 4. The largest absolute Gasteiger partial charge is 0.465 e. The fourth-order valence-corrected chi connectivity index (χ4v) is 1.69. The highest BCUT2D eigenvalue weighted by Crippen LogP contribution is 2.23. The second-order valence-electron chi connectivity index (χ2n) is 4.04. The first-order valence-corrected chi connectivity index (χ1v) is 5.74. The maximum atomic E-state index is 11.5. The molecule has 100 valence electrons. The molecule has 0 aliphatic rings. The Labute approximate surface area is 110 Å². The van der Waals surface area contributed by atoms with Crippen molar-refractivity contribution in [1.29, 1.82) is 0 Å². The summed E-state index contributed by atoms with van der Waals surface area (Å²) in [6.45, 7) is 2.29. The number of carbonyl (C=O) groups excluding carboxylic acids is 1. The fourth-order valence-electron chi connectivity index (χ4n) is 1.69. The van der Waals surface area contributed by atoms with Crippen LogP contribution < -0.4 is 11.1 Å². The van der Waals surface area contributed by atoms with Gasteiger partial charge in [0.25, 0.3) is 0 Å². The Hall–Kier alpha value is -2.50. The lowest BCUT2D eigenvalue weighted by molar-refractivity contribution is 0.0602. The molecule has 0 fully saturated rings. The molecule has 0 bridgehead atoms. The second kappa shape index (κ2) is 5.43. The number of anilines is 2. The average molecular weight is 261 g/mol. The Morgan fingerprint density at radius 1 is 1.53 bits per heavy atom. The van der Waals surface area contributed by atoms with Crippen LogP contribution in [-0.4, -0.2) is 18.2 Å². The molecule has 0 atom stereocenters. The number of hydrogen-bond acceptors (Lipinski definition) is 6. The van der Waals surface area contributed by atoms with Crippen molar-refractivity contribution in [2.24, 2.45) is 0 Å². The van der Waals surface area contributed by atoms with Crippen LogP contribution >= 0.6 is 0 Å². The minimum absolute atomic E-state index is 0.337. The van der Waals surface area contributed by atoms with Gasteiger partial charge in [-0.1, -0.05) is 11.2 Å². The van der Waals surface area contributed by atoms with Crippen molar-refractivity contribution in [3.8, 4) is 0 Å². The third-order valence-corrected chi connectivity index (χ3v) is 2.65. The molecule has 6 heteroatoms. The van der Waals surface area contributed by atoms with Gasteiger partial charge in [0.05, 0.1) is 30.6 Å². The summed E-state index contributed by atoms with van der Waals surface area (Å²) in [5.41, 5.74) is 8.04. The molecule has 19 heavy (non-hydrogen) atoms. The summed E-state index contributed by atoms with van der Waals surface area (Å²) in [5, 5.41) is 6.97. The first-order chi connectivity index (χ1) is 9.11. The highest BCUT2D eigenvalue weighted by atomic mass is 16.5. The number of para-hydroxylation sites is 1. The highest BCUT2D eigenvalue weighted by Gasteiger charge is 2.12. The van der Waals surface area contributed by atoms with Crippen molar-refractivity contribution in [2.45, 2.75) is 13.5 Å². The predicted octanol–water partition coefficient (Wildman–Crippen LogP) is 1.96. The predicted molar refractivity (Wildman–Crippen MR) is 70.8 cm³/mol. The molecule has 6 nitrogen and oxygen atoms in total. The number of carbonyl (C=O) groups is 1. The first kappa shape index (κ1) is 12.9. The van der Waals surface area contributed by atoms with E-state index in [9.17, 15) is 4.79 Å². The van der Waals surface area contributed by atoms with Gasteiger partial charge in [-0.25, -0.2) is 4.79 Å². The van der Waals surface area contributed by atoms with E-state index in [4.69, 9.17) is 10.3 Å². The number of methoxy groups -OCH3 is 1. The zero-order chi connectivity index (χ0) is 13.8. The number of nitrogen functional groups attached to an aromatic ring is 1. The fraction of sp³-hybridized carbons (Fsp3) is 0.231. The van der Waals surface area contributed by atoms with E-state index in [1.807, 2.05) is 13.0 Å². The van der Waals surface area contributed by atoms with Crippen molar-refractivity contribution in [2.75, 3.05) is 18.2 Å². The number of esters is 1. The van der Waals surface area contributed by atoms with Gasteiger partial charge in [-0.2, -0.15) is 0 Å². The molecule has 0 aliphatic heterocycles. The van der Waals surface area contributed by atoms with Crippen LogP contribution in [-0.2, 0) is 11.3 Å². The van der Waals surface area contributed by atoms with E-state index in [-0.39, 0.29) is 0 Å². The van der Waals surface area contributed by atoms with Crippen molar-refractivity contribution < 1.29 is 14.1 Å². The first-order valence-electron chi connectivity index (χ1n) is 5.74. The maximum absolute atomic E-state index is 11.5. The van der Waals surface area contributed by atoms with E-state index < -0.39 is 5.97 Å². The van der Waals surface area contributed by atoms with Gasteiger partial charge < -0.3 is 20.3 Å². The zero-order valence-electron chi connectivity index (χ0n) is 10.8. The quantitative estimate of drug-likeness (QED) is 0.646. The van der Waals surface area contributed by atoms with E-state index in [0.717, 1.165) is 11.5 Å². The molecule has 2 aromatic rings. The van der Waals surface area contributed by atoms with Crippen LogP contribution in [0.3, 0.4) is 0 Å². The number of aromatic nitrogens is 1. The van der Waals surface area contributed by atoms with Gasteiger partial charge >= 0.3 is 5.97 Å². The molecular formula is C13H15N3O3. The van der Waals surface area contributed by atoms with Gasteiger partial charge in [0.2, 0.25) is 0 Å². The van der Waals surface area contributed by atoms with Gasteiger partial charge in [-0.15, -0.1) is 0 Å². The van der Waals surface area contributed by atoms with Crippen LogP contribution in [0.15, 0.2) is 28.8 Å². The van der Waals surface area contributed by atoms with Crippen molar-refractivity contribution in [1.82, 2.24) is 5.16 Å². The van der Waals surface area contributed by atoms with Gasteiger partial charge in [0.15, 0.2) is 0 Å². The Kier molecular flexibility index (Phi) is 3.70. The maximum Gasteiger partial charge on any atom is 0.340 e. The molecule has 0 amide bonds. The molecule has 0 spiro atoms. The summed E-state index contributed by atoms with van der Waals surface area (Å²) in [4.78, 5) is 11.5. The summed E-state index contributed by atoms with van der Waals surface area (Å²) in [7, 11) is 1.32. The van der Waals surface area contributed by atoms with Crippen molar-refractivity contribution in [3.63, 3.8) is 0 Å². The summed E-state index contributed by atoms with van der Waals surface area (Å²) in [5.74, 6) is 0.284. The van der Waals surface area contributed by atoms with Crippen LogP contribution in [0, 0.1) is 6.92 Å². The van der Waals surface area contributed by atoms with Gasteiger partial charge in [-0.3, -0.25) is 0 Å². The van der Waals surface area contributed by atoms with E-state index in [0.29, 0.717) is 23.5 Å². The van der Waals surface area contributed by atoms with Crippen LogP contribution in [0.5, 0.6) is 0 Å². The van der Waals surface area contributed by atoms with Crippen LogP contribution in [0.25, 0.3) is 0 Å². The third-order valence-electron chi connectivity index (χ3n) is 2.65. The lowest BCUT2D eigenvalue weighted by Gasteiger charge is -2.10. The van der Waals surface area contributed by atoms with Gasteiger partial charge in [0.1, 0.15) is 11.5 Å².